The van der Waals surface area contributed by atoms with Crippen molar-refractivity contribution in [1.82, 2.24) is 0 Å². The van der Waals surface area contributed by atoms with Gasteiger partial charge in [0.2, 0.25) is 0 Å². The van der Waals surface area contributed by atoms with Gasteiger partial charge in [-0.15, -0.1) is 0 Å². The largest absolute Gasteiger partial charge is 0.377 e. The minimum Gasteiger partial charge on any atom is -0.377 e. The van der Waals surface area contributed by atoms with Crippen LogP contribution in [-0.4, -0.2) is 31.3 Å². The van der Waals surface area contributed by atoms with E-state index < -0.39 is 0 Å². The highest BCUT2D eigenvalue weighted by Gasteiger charge is 2.30. The van der Waals surface area contributed by atoms with Crippen molar-refractivity contribution in [1.29, 1.82) is 0 Å². The van der Waals surface area contributed by atoms with Crippen molar-refractivity contribution in [3.8, 4) is 0 Å². The molecule has 0 saturated carbocycles. The lowest BCUT2D eigenvalue weighted by Gasteiger charge is -2.43. The third kappa shape index (κ3) is 3.48. The maximum absolute atomic E-state index is 6.00. The number of hydrogen-bond donors (Lipinski definition) is 1. The van der Waals surface area contributed by atoms with E-state index in [9.17, 15) is 0 Å². The van der Waals surface area contributed by atoms with Gasteiger partial charge < -0.3 is 15.4 Å². The van der Waals surface area contributed by atoms with Crippen LogP contribution in [0.25, 0.3) is 0 Å². The number of morpholine rings is 1. The summed E-state index contributed by atoms with van der Waals surface area (Å²) in [4.78, 5) is 2.43. The molecule has 0 aliphatic carbocycles. The van der Waals surface area contributed by atoms with Gasteiger partial charge in [-0.2, -0.15) is 0 Å². The monoisotopic (exact) mass is 262 g/mol. The predicted octanol–water partition coefficient (Wildman–Crippen LogP) is 2.58. The number of nitrogens with zero attached hydrogens (tertiary/aromatic N) is 1. The Morgan fingerprint density at radius 2 is 2.00 bits per heavy atom. The number of ether oxygens (including phenoxy) is 1. The van der Waals surface area contributed by atoms with Gasteiger partial charge in [0.25, 0.3) is 0 Å². The highest BCUT2D eigenvalue weighted by molar-refractivity contribution is 5.50. The van der Waals surface area contributed by atoms with Gasteiger partial charge in [0.1, 0.15) is 0 Å². The Balaban J connectivity index is 2.09. The third-order valence-corrected chi connectivity index (χ3v) is 3.92. The molecular formula is C16H26N2O. The van der Waals surface area contributed by atoms with Gasteiger partial charge in [0.05, 0.1) is 18.8 Å². The summed E-state index contributed by atoms with van der Waals surface area (Å²) in [5, 5.41) is 0. The molecule has 1 aromatic rings. The van der Waals surface area contributed by atoms with Crippen LogP contribution in [0.1, 0.15) is 32.8 Å². The molecule has 0 spiro atoms. The van der Waals surface area contributed by atoms with Gasteiger partial charge in [-0.25, -0.2) is 0 Å². The molecular weight excluding hydrogens is 236 g/mol. The number of benzene rings is 1. The standard InChI is InChI=1S/C16H26N2O/c1-4-14(17)11-13-5-7-15(8-6-13)18-9-10-19-12-16(18,2)3/h5-8,14H,4,9-12,17H2,1-3H3. The normalized spacial score (nSPS) is 20.3. The average molecular weight is 262 g/mol. The molecule has 1 saturated heterocycles. The van der Waals surface area contributed by atoms with Crippen LogP contribution in [0.5, 0.6) is 0 Å². The zero-order valence-electron chi connectivity index (χ0n) is 12.4. The van der Waals surface area contributed by atoms with Crippen LogP contribution in [0.2, 0.25) is 0 Å². The summed E-state index contributed by atoms with van der Waals surface area (Å²) in [6.45, 7) is 9.15. The third-order valence-electron chi connectivity index (χ3n) is 3.92. The van der Waals surface area contributed by atoms with E-state index in [1.807, 2.05) is 0 Å². The molecule has 2 rings (SSSR count). The Kier molecular flexibility index (Phi) is 4.48. The summed E-state index contributed by atoms with van der Waals surface area (Å²) >= 11 is 0. The fourth-order valence-electron chi connectivity index (χ4n) is 2.60. The number of nitrogens with two attached hydrogens (primary N) is 1. The van der Waals surface area contributed by atoms with Crippen LogP contribution in [0.15, 0.2) is 24.3 Å². The zero-order chi connectivity index (χ0) is 13.9. The number of rotatable bonds is 4. The first-order chi connectivity index (χ1) is 9.03. The molecule has 0 bridgehead atoms. The van der Waals surface area contributed by atoms with Crippen molar-refractivity contribution < 1.29 is 4.74 Å². The van der Waals surface area contributed by atoms with E-state index in [2.05, 4.69) is 49.9 Å². The molecule has 3 nitrogen and oxygen atoms in total. The highest BCUT2D eigenvalue weighted by Crippen LogP contribution is 2.27. The first-order valence-electron chi connectivity index (χ1n) is 7.23. The van der Waals surface area contributed by atoms with Crippen LogP contribution >= 0.6 is 0 Å². The molecule has 1 heterocycles. The molecule has 0 amide bonds. The second-order valence-corrected chi connectivity index (χ2v) is 6.06. The first kappa shape index (κ1) is 14.4. The fourth-order valence-corrected chi connectivity index (χ4v) is 2.60. The second kappa shape index (κ2) is 5.93. The number of hydrogen-bond acceptors (Lipinski definition) is 3. The Labute approximate surface area is 116 Å². The van der Waals surface area contributed by atoms with Crippen molar-refractivity contribution in [3.05, 3.63) is 29.8 Å². The van der Waals surface area contributed by atoms with Crippen LogP contribution in [0.3, 0.4) is 0 Å². The summed E-state index contributed by atoms with van der Waals surface area (Å²) in [7, 11) is 0. The van der Waals surface area contributed by atoms with Crippen LogP contribution in [0, 0.1) is 0 Å². The smallest absolute Gasteiger partial charge is 0.0694 e. The summed E-state index contributed by atoms with van der Waals surface area (Å²) in [6, 6.07) is 9.10. The molecule has 1 aliphatic heterocycles. The summed E-state index contributed by atoms with van der Waals surface area (Å²) in [6.07, 6.45) is 1.99. The lowest BCUT2D eigenvalue weighted by Crippen LogP contribution is -2.53. The van der Waals surface area contributed by atoms with E-state index in [0.717, 1.165) is 32.6 Å². The molecule has 1 atom stereocenters. The summed E-state index contributed by atoms with van der Waals surface area (Å²) < 4.78 is 5.57. The minimum absolute atomic E-state index is 0.0690. The van der Waals surface area contributed by atoms with Crippen molar-refractivity contribution >= 4 is 5.69 Å². The minimum atomic E-state index is 0.0690. The van der Waals surface area contributed by atoms with Crippen LogP contribution < -0.4 is 10.6 Å². The molecule has 1 unspecified atom stereocenters. The molecule has 19 heavy (non-hydrogen) atoms. The van der Waals surface area contributed by atoms with Gasteiger partial charge in [0, 0.05) is 18.3 Å². The molecule has 0 radical (unpaired) electrons. The maximum Gasteiger partial charge on any atom is 0.0694 e. The van der Waals surface area contributed by atoms with E-state index in [0.29, 0.717) is 0 Å². The topological polar surface area (TPSA) is 38.5 Å². The number of anilines is 1. The molecule has 2 N–H and O–H groups in total. The second-order valence-electron chi connectivity index (χ2n) is 6.06. The Morgan fingerprint density at radius 1 is 1.32 bits per heavy atom. The van der Waals surface area contributed by atoms with E-state index in [4.69, 9.17) is 10.5 Å². The first-order valence-corrected chi connectivity index (χ1v) is 7.23. The van der Waals surface area contributed by atoms with Gasteiger partial charge in [-0.05, 0) is 44.4 Å². The van der Waals surface area contributed by atoms with Gasteiger partial charge in [-0.1, -0.05) is 19.1 Å². The van der Waals surface area contributed by atoms with Crippen molar-refractivity contribution in [2.45, 2.75) is 45.2 Å². The van der Waals surface area contributed by atoms with Crippen molar-refractivity contribution in [2.75, 3.05) is 24.7 Å². The van der Waals surface area contributed by atoms with Crippen molar-refractivity contribution in [2.24, 2.45) is 5.73 Å². The molecule has 1 aliphatic rings. The molecule has 1 aromatic carbocycles. The Bertz CT molecular complexity index is 400. The van der Waals surface area contributed by atoms with Crippen molar-refractivity contribution in [3.63, 3.8) is 0 Å². The van der Waals surface area contributed by atoms with E-state index in [1.54, 1.807) is 0 Å². The Hall–Kier alpha value is -1.06. The molecule has 1 fully saturated rings. The zero-order valence-corrected chi connectivity index (χ0v) is 12.4. The highest BCUT2D eigenvalue weighted by atomic mass is 16.5. The van der Waals surface area contributed by atoms with E-state index >= 15 is 0 Å². The van der Waals surface area contributed by atoms with Crippen LogP contribution in [-0.2, 0) is 11.2 Å². The Morgan fingerprint density at radius 3 is 2.58 bits per heavy atom. The average Bonchev–Trinajstić information content (AvgIpc) is 2.39. The fraction of sp³-hybridized carbons (Fsp3) is 0.625. The molecule has 3 heteroatoms. The molecule has 0 aromatic heterocycles. The SMILES string of the molecule is CCC(N)Cc1ccc(N2CCOCC2(C)C)cc1. The van der Waals surface area contributed by atoms with E-state index in [1.165, 1.54) is 11.3 Å². The summed E-state index contributed by atoms with van der Waals surface area (Å²) in [5.41, 5.74) is 8.67. The molecule has 106 valence electrons. The summed E-state index contributed by atoms with van der Waals surface area (Å²) in [5.74, 6) is 0. The van der Waals surface area contributed by atoms with Crippen LogP contribution in [0.4, 0.5) is 5.69 Å². The van der Waals surface area contributed by atoms with E-state index in [-0.39, 0.29) is 11.6 Å². The quantitative estimate of drug-likeness (QED) is 0.906. The van der Waals surface area contributed by atoms with Gasteiger partial charge in [0.15, 0.2) is 0 Å². The van der Waals surface area contributed by atoms with Gasteiger partial charge in [-0.3, -0.25) is 0 Å². The lowest BCUT2D eigenvalue weighted by molar-refractivity contribution is 0.0644. The maximum atomic E-state index is 6.00. The van der Waals surface area contributed by atoms with Gasteiger partial charge >= 0.3 is 0 Å². The predicted molar refractivity (Wildman–Crippen MR) is 80.7 cm³/mol. The lowest BCUT2D eigenvalue weighted by atomic mass is 10.00.